The van der Waals surface area contributed by atoms with Crippen LogP contribution in [0.25, 0.3) is 0 Å². The second kappa shape index (κ2) is 9.40. The summed E-state index contributed by atoms with van der Waals surface area (Å²) in [6, 6.07) is 8.89. The van der Waals surface area contributed by atoms with Gasteiger partial charge in [-0.05, 0) is 30.6 Å². The van der Waals surface area contributed by atoms with Crippen LogP contribution in [0.3, 0.4) is 0 Å². The molecule has 0 bridgehead atoms. The predicted molar refractivity (Wildman–Crippen MR) is 87.9 cm³/mol. The van der Waals surface area contributed by atoms with Gasteiger partial charge in [-0.2, -0.15) is 11.8 Å². The molecule has 19 heavy (non-hydrogen) atoms. The fourth-order valence-corrected chi connectivity index (χ4v) is 3.04. The van der Waals surface area contributed by atoms with E-state index in [1.165, 1.54) is 23.4 Å². The predicted octanol–water partition coefficient (Wildman–Crippen LogP) is 3.32. The SMILES string of the molecule is CCc1ccc(C(N)CSCCN(CC)CC)cc1. The number of hydrogen-bond donors (Lipinski definition) is 1. The maximum absolute atomic E-state index is 6.23. The largest absolute Gasteiger partial charge is 0.323 e. The molecular weight excluding hydrogens is 252 g/mol. The van der Waals surface area contributed by atoms with Crippen LogP contribution in [0.15, 0.2) is 24.3 Å². The highest BCUT2D eigenvalue weighted by Gasteiger charge is 2.06. The molecular formula is C16H28N2S. The number of rotatable bonds is 9. The third kappa shape index (κ3) is 5.98. The number of hydrogen-bond acceptors (Lipinski definition) is 3. The molecule has 0 saturated heterocycles. The van der Waals surface area contributed by atoms with Crippen molar-refractivity contribution in [2.75, 3.05) is 31.1 Å². The molecule has 3 heteroatoms. The van der Waals surface area contributed by atoms with Crippen molar-refractivity contribution in [2.45, 2.75) is 33.2 Å². The average molecular weight is 280 g/mol. The van der Waals surface area contributed by atoms with Crippen LogP contribution < -0.4 is 5.73 Å². The molecule has 1 aromatic rings. The fraction of sp³-hybridized carbons (Fsp3) is 0.625. The first kappa shape index (κ1) is 16.5. The first-order valence-corrected chi connectivity index (χ1v) is 8.51. The van der Waals surface area contributed by atoms with E-state index >= 15 is 0 Å². The molecule has 0 fully saturated rings. The highest BCUT2D eigenvalue weighted by Crippen LogP contribution is 2.17. The molecule has 0 aliphatic carbocycles. The Bertz CT molecular complexity index is 333. The normalized spacial score (nSPS) is 12.9. The Balaban J connectivity index is 2.28. The summed E-state index contributed by atoms with van der Waals surface area (Å²) >= 11 is 1.96. The molecule has 0 spiro atoms. The van der Waals surface area contributed by atoms with E-state index in [9.17, 15) is 0 Å². The molecule has 1 unspecified atom stereocenters. The third-order valence-corrected chi connectivity index (χ3v) is 4.63. The van der Waals surface area contributed by atoms with Gasteiger partial charge in [0.1, 0.15) is 0 Å². The van der Waals surface area contributed by atoms with Crippen LogP contribution in [-0.2, 0) is 6.42 Å². The van der Waals surface area contributed by atoms with Crippen molar-refractivity contribution in [1.29, 1.82) is 0 Å². The summed E-state index contributed by atoms with van der Waals surface area (Å²) in [4.78, 5) is 2.45. The molecule has 0 saturated carbocycles. The number of nitrogens with two attached hydrogens (primary N) is 1. The maximum atomic E-state index is 6.23. The molecule has 1 aromatic carbocycles. The quantitative estimate of drug-likeness (QED) is 0.704. The fourth-order valence-electron chi connectivity index (χ4n) is 2.04. The summed E-state index contributed by atoms with van der Waals surface area (Å²) in [5, 5.41) is 0. The van der Waals surface area contributed by atoms with Crippen LogP contribution >= 0.6 is 11.8 Å². The highest BCUT2D eigenvalue weighted by atomic mass is 32.2. The smallest absolute Gasteiger partial charge is 0.0386 e. The summed E-state index contributed by atoms with van der Waals surface area (Å²) in [7, 11) is 0. The van der Waals surface area contributed by atoms with E-state index in [4.69, 9.17) is 5.73 Å². The van der Waals surface area contributed by atoms with Gasteiger partial charge in [0.2, 0.25) is 0 Å². The van der Waals surface area contributed by atoms with Crippen LogP contribution in [0.1, 0.15) is 37.9 Å². The zero-order valence-electron chi connectivity index (χ0n) is 12.6. The van der Waals surface area contributed by atoms with E-state index in [0.717, 1.165) is 25.3 Å². The first-order chi connectivity index (χ1) is 9.21. The van der Waals surface area contributed by atoms with Gasteiger partial charge in [0.15, 0.2) is 0 Å². The molecule has 0 aliphatic heterocycles. The lowest BCUT2D eigenvalue weighted by atomic mass is 10.1. The van der Waals surface area contributed by atoms with E-state index < -0.39 is 0 Å². The summed E-state index contributed by atoms with van der Waals surface area (Å²) < 4.78 is 0. The van der Waals surface area contributed by atoms with Crippen molar-refractivity contribution in [3.05, 3.63) is 35.4 Å². The van der Waals surface area contributed by atoms with Gasteiger partial charge in [0.05, 0.1) is 0 Å². The van der Waals surface area contributed by atoms with Gasteiger partial charge in [-0.3, -0.25) is 0 Å². The molecule has 0 aliphatic rings. The minimum Gasteiger partial charge on any atom is -0.323 e. The summed E-state index contributed by atoms with van der Waals surface area (Å²) in [6.45, 7) is 10.1. The van der Waals surface area contributed by atoms with E-state index in [0.29, 0.717) is 0 Å². The van der Waals surface area contributed by atoms with Crippen LogP contribution in [0, 0.1) is 0 Å². The number of benzene rings is 1. The molecule has 2 N–H and O–H groups in total. The standard InChI is InChI=1S/C16H28N2S/c1-4-14-7-9-15(10-8-14)16(17)13-19-12-11-18(5-2)6-3/h7-10,16H,4-6,11-13,17H2,1-3H3. The monoisotopic (exact) mass is 280 g/mol. The van der Waals surface area contributed by atoms with E-state index in [-0.39, 0.29) is 6.04 Å². The Morgan fingerprint density at radius 3 is 2.26 bits per heavy atom. The Hall–Kier alpha value is -0.510. The van der Waals surface area contributed by atoms with Crippen molar-refractivity contribution in [3.8, 4) is 0 Å². The van der Waals surface area contributed by atoms with E-state index in [1.807, 2.05) is 11.8 Å². The van der Waals surface area contributed by atoms with Crippen molar-refractivity contribution < 1.29 is 0 Å². The number of nitrogens with zero attached hydrogens (tertiary/aromatic N) is 1. The van der Waals surface area contributed by atoms with Crippen LogP contribution in [0.4, 0.5) is 0 Å². The average Bonchev–Trinajstić information content (AvgIpc) is 2.47. The Morgan fingerprint density at radius 2 is 1.74 bits per heavy atom. The van der Waals surface area contributed by atoms with Gasteiger partial charge in [0, 0.05) is 24.1 Å². The molecule has 1 rings (SSSR count). The molecule has 0 radical (unpaired) electrons. The molecule has 0 aromatic heterocycles. The Morgan fingerprint density at radius 1 is 1.11 bits per heavy atom. The van der Waals surface area contributed by atoms with Crippen molar-refractivity contribution in [1.82, 2.24) is 4.90 Å². The Labute approximate surface area is 122 Å². The molecule has 0 heterocycles. The molecule has 1 atom stereocenters. The molecule has 2 nitrogen and oxygen atoms in total. The van der Waals surface area contributed by atoms with Gasteiger partial charge in [0.25, 0.3) is 0 Å². The van der Waals surface area contributed by atoms with Gasteiger partial charge >= 0.3 is 0 Å². The number of aryl methyl sites for hydroxylation is 1. The van der Waals surface area contributed by atoms with Crippen molar-refractivity contribution >= 4 is 11.8 Å². The minimum absolute atomic E-state index is 0.160. The summed E-state index contributed by atoms with van der Waals surface area (Å²) in [6.07, 6.45) is 1.09. The lowest BCUT2D eigenvalue weighted by molar-refractivity contribution is 0.324. The maximum Gasteiger partial charge on any atom is 0.0386 e. The van der Waals surface area contributed by atoms with E-state index in [1.54, 1.807) is 0 Å². The van der Waals surface area contributed by atoms with Crippen LogP contribution in [0.5, 0.6) is 0 Å². The van der Waals surface area contributed by atoms with E-state index in [2.05, 4.69) is 49.9 Å². The van der Waals surface area contributed by atoms with Gasteiger partial charge in [-0.15, -0.1) is 0 Å². The van der Waals surface area contributed by atoms with Gasteiger partial charge in [-0.1, -0.05) is 45.0 Å². The van der Waals surface area contributed by atoms with Crippen molar-refractivity contribution in [3.63, 3.8) is 0 Å². The van der Waals surface area contributed by atoms with Crippen LogP contribution in [0.2, 0.25) is 0 Å². The second-order valence-corrected chi connectivity index (χ2v) is 5.95. The Kier molecular flexibility index (Phi) is 8.19. The highest BCUT2D eigenvalue weighted by molar-refractivity contribution is 7.99. The van der Waals surface area contributed by atoms with Gasteiger partial charge < -0.3 is 10.6 Å². The third-order valence-electron chi connectivity index (χ3n) is 3.56. The summed E-state index contributed by atoms with van der Waals surface area (Å²) in [5.41, 5.74) is 8.87. The summed E-state index contributed by atoms with van der Waals surface area (Å²) in [5.74, 6) is 2.18. The van der Waals surface area contributed by atoms with Crippen molar-refractivity contribution in [2.24, 2.45) is 5.73 Å². The topological polar surface area (TPSA) is 29.3 Å². The lowest BCUT2D eigenvalue weighted by Crippen LogP contribution is -2.25. The van der Waals surface area contributed by atoms with Crippen LogP contribution in [-0.4, -0.2) is 36.0 Å². The molecule has 0 amide bonds. The molecule has 108 valence electrons. The zero-order valence-corrected chi connectivity index (χ0v) is 13.4. The number of thioether (sulfide) groups is 1. The first-order valence-electron chi connectivity index (χ1n) is 7.35. The minimum atomic E-state index is 0.160. The van der Waals surface area contributed by atoms with Gasteiger partial charge in [-0.25, -0.2) is 0 Å². The lowest BCUT2D eigenvalue weighted by Gasteiger charge is -2.18. The second-order valence-electron chi connectivity index (χ2n) is 4.80. The zero-order chi connectivity index (χ0) is 14.1.